The minimum absolute atomic E-state index is 0.0260. The van der Waals surface area contributed by atoms with Gasteiger partial charge in [-0.25, -0.2) is 9.78 Å². The van der Waals surface area contributed by atoms with Crippen molar-refractivity contribution in [2.24, 2.45) is 5.92 Å². The molecule has 0 bridgehead atoms. The second-order valence-corrected chi connectivity index (χ2v) is 7.89. The lowest BCUT2D eigenvalue weighted by Crippen LogP contribution is -2.44. The molecule has 3 atom stereocenters. The number of nitrogens with one attached hydrogen (secondary N) is 1. The van der Waals surface area contributed by atoms with E-state index in [0.29, 0.717) is 12.5 Å². The summed E-state index contributed by atoms with van der Waals surface area (Å²) < 4.78 is 32.4. The lowest BCUT2D eigenvalue weighted by atomic mass is 10.2. The van der Waals surface area contributed by atoms with E-state index in [9.17, 15) is 14.4 Å². The number of hydrogen-bond acceptors (Lipinski definition) is 10. The highest BCUT2D eigenvalue weighted by Gasteiger charge is 2.31. The molecule has 1 N–H and O–H groups in total. The monoisotopic (exact) mass is 468 g/mol. The Morgan fingerprint density at radius 3 is 2.76 bits per heavy atom. The number of rotatable bonds is 9. The van der Waals surface area contributed by atoms with Crippen molar-refractivity contribution in [1.82, 2.24) is 10.3 Å². The summed E-state index contributed by atoms with van der Waals surface area (Å²) >= 11 is 0. The molecule has 33 heavy (non-hydrogen) atoms. The van der Waals surface area contributed by atoms with Crippen LogP contribution in [0.2, 0.25) is 0 Å². The van der Waals surface area contributed by atoms with Crippen LogP contribution in [0.3, 0.4) is 0 Å². The summed E-state index contributed by atoms with van der Waals surface area (Å²) in [6.45, 7) is 7.55. The summed E-state index contributed by atoms with van der Waals surface area (Å²) in [6, 6.07) is 0.513. The van der Waals surface area contributed by atoms with E-state index in [1.54, 1.807) is 6.92 Å². The van der Waals surface area contributed by atoms with E-state index in [4.69, 9.17) is 28.4 Å². The Bertz CT molecular complexity index is 815. The molecule has 0 aromatic carbocycles. The molecule has 1 aromatic rings. The van der Waals surface area contributed by atoms with Crippen LogP contribution in [0.5, 0.6) is 11.5 Å². The fraction of sp³-hybridized carbons (Fsp3) is 0.636. The Hall–Kier alpha value is -2.92. The Balaban J connectivity index is 2.12. The summed E-state index contributed by atoms with van der Waals surface area (Å²) in [4.78, 5) is 40.8. The van der Waals surface area contributed by atoms with Crippen molar-refractivity contribution in [2.75, 3.05) is 33.7 Å². The molecule has 1 amide bonds. The van der Waals surface area contributed by atoms with Gasteiger partial charge in [-0.15, -0.1) is 0 Å². The number of cyclic esters (lactones) is 1. The fourth-order valence-electron chi connectivity index (χ4n) is 2.92. The van der Waals surface area contributed by atoms with Gasteiger partial charge < -0.3 is 33.7 Å². The zero-order valence-corrected chi connectivity index (χ0v) is 19.6. The first-order valence-corrected chi connectivity index (χ1v) is 10.7. The Kier molecular flexibility index (Phi) is 10.3. The van der Waals surface area contributed by atoms with Crippen LogP contribution in [0.15, 0.2) is 12.3 Å². The van der Waals surface area contributed by atoms with Gasteiger partial charge in [0.05, 0.1) is 13.7 Å². The van der Waals surface area contributed by atoms with Gasteiger partial charge in [-0.3, -0.25) is 9.59 Å². The van der Waals surface area contributed by atoms with Crippen molar-refractivity contribution in [3.63, 3.8) is 0 Å². The highest BCUT2D eigenvalue weighted by atomic mass is 16.7. The third kappa shape index (κ3) is 8.17. The topological polar surface area (TPSA) is 132 Å². The SMILES string of the molecule is COc1ccnc(C(=O)N[C@H]2CCOC[C@@H](OCC(C)C)[C@H](C)OC2=O)c1OCOC(C)=O. The first-order chi connectivity index (χ1) is 15.7. The van der Waals surface area contributed by atoms with Crippen LogP contribution in [-0.2, 0) is 28.5 Å². The molecule has 1 aliphatic heterocycles. The van der Waals surface area contributed by atoms with Crippen molar-refractivity contribution in [3.05, 3.63) is 18.0 Å². The Morgan fingerprint density at radius 2 is 2.09 bits per heavy atom. The van der Waals surface area contributed by atoms with Crippen LogP contribution in [0.25, 0.3) is 0 Å². The third-order valence-corrected chi connectivity index (χ3v) is 4.66. The molecule has 11 nitrogen and oxygen atoms in total. The highest BCUT2D eigenvalue weighted by Crippen LogP contribution is 2.29. The highest BCUT2D eigenvalue weighted by molar-refractivity contribution is 5.98. The predicted molar refractivity (Wildman–Crippen MR) is 115 cm³/mol. The van der Waals surface area contributed by atoms with E-state index in [-0.39, 0.29) is 36.8 Å². The number of methoxy groups -OCH3 is 1. The third-order valence-electron chi connectivity index (χ3n) is 4.66. The summed E-state index contributed by atoms with van der Waals surface area (Å²) in [6.07, 6.45) is 0.579. The molecular weight excluding hydrogens is 436 g/mol. The molecular formula is C22H32N2O9. The van der Waals surface area contributed by atoms with E-state index in [1.807, 2.05) is 13.8 Å². The molecule has 2 rings (SSSR count). The Labute approximate surface area is 193 Å². The molecule has 1 fully saturated rings. The van der Waals surface area contributed by atoms with Crippen LogP contribution in [0.1, 0.15) is 44.6 Å². The number of esters is 2. The molecule has 0 spiro atoms. The van der Waals surface area contributed by atoms with Gasteiger partial charge in [-0.2, -0.15) is 0 Å². The van der Waals surface area contributed by atoms with Gasteiger partial charge in [-0.05, 0) is 12.8 Å². The van der Waals surface area contributed by atoms with Gasteiger partial charge in [0.1, 0.15) is 18.2 Å². The zero-order chi connectivity index (χ0) is 24.4. The number of amides is 1. The molecule has 1 aliphatic rings. The molecule has 0 saturated carbocycles. The quantitative estimate of drug-likeness (QED) is 0.420. The van der Waals surface area contributed by atoms with Crippen LogP contribution >= 0.6 is 0 Å². The smallest absolute Gasteiger partial charge is 0.329 e. The van der Waals surface area contributed by atoms with Crippen LogP contribution in [0, 0.1) is 5.92 Å². The largest absolute Gasteiger partial charge is 0.493 e. The van der Waals surface area contributed by atoms with E-state index >= 15 is 0 Å². The first kappa shape index (κ1) is 26.3. The second-order valence-electron chi connectivity index (χ2n) is 7.89. The van der Waals surface area contributed by atoms with Crippen LogP contribution < -0.4 is 14.8 Å². The maximum atomic E-state index is 13.0. The van der Waals surface area contributed by atoms with E-state index < -0.39 is 42.9 Å². The standard InChI is InChI=1S/C22H32N2O9/c1-13(2)10-30-18-11-29-9-7-16(22(27)33-14(18)3)24-21(26)19-20(32-12-31-15(4)25)17(28-5)6-8-23-19/h6,8,13-14,16,18H,7,9-12H2,1-5H3,(H,24,26)/t14-,16-,18+/m0/s1. The first-order valence-electron chi connectivity index (χ1n) is 10.7. The molecule has 0 unspecified atom stereocenters. The molecule has 1 aromatic heterocycles. The molecule has 0 aliphatic carbocycles. The van der Waals surface area contributed by atoms with Crippen LogP contribution in [0.4, 0.5) is 0 Å². The summed E-state index contributed by atoms with van der Waals surface area (Å²) in [5, 5.41) is 2.62. The average Bonchev–Trinajstić information content (AvgIpc) is 2.82. The van der Waals surface area contributed by atoms with Crippen molar-refractivity contribution >= 4 is 17.8 Å². The number of carbonyl (C=O) groups excluding carboxylic acids is 3. The minimum atomic E-state index is -0.974. The lowest BCUT2D eigenvalue weighted by molar-refractivity contribution is -0.159. The van der Waals surface area contributed by atoms with E-state index in [2.05, 4.69) is 10.3 Å². The summed E-state index contributed by atoms with van der Waals surface area (Å²) in [5.41, 5.74) is -0.138. The normalized spacial score (nSPS) is 21.3. The molecule has 2 heterocycles. The van der Waals surface area contributed by atoms with Gasteiger partial charge in [0, 0.05) is 38.8 Å². The predicted octanol–water partition coefficient (Wildman–Crippen LogP) is 1.48. The average molecular weight is 469 g/mol. The fourth-order valence-corrected chi connectivity index (χ4v) is 2.92. The van der Waals surface area contributed by atoms with E-state index in [1.165, 1.54) is 26.3 Å². The van der Waals surface area contributed by atoms with Crippen molar-refractivity contribution < 1.29 is 42.8 Å². The van der Waals surface area contributed by atoms with Gasteiger partial charge in [0.25, 0.3) is 5.91 Å². The number of ether oxygens (including phenoxy) is 6. The van der Waals surface area contributed by atoms with Crippen molar-refractivity contribution in [2.45, 2.75) is 52.4 Å². The number of hydrogen-bond donors (Lipinski definition) is 1. The molecule has 0 radical (unpaired) electrons. The number of pyridine rings is 1. The maximum absolute atomic E-state index is 13.0. The molecule has 1 saturated heterocycles. The molecule has 11 heteroatoms. The van der Waals surface area contributed by atoms with Crippen molar-refractivity contribution in [3.8, 4) is 11.5 Å². The maximum Gasteiger partial charge on any atom is 0.329 e. The minimum Gasteiger partial charge on any atom is -0.493 e. The number of aromatic nitrogens is 1. The number of nitrogens with zero attached hydrogens (tertiary/aromatic N) is 1. The van der Waals surface area contributed by atoms with Gasteiger partial charge in [-0.1, -0.05) is 13.8 Å². The Morgan fingerprint density at radius 1 is 1.33 bits per heavy atom. The molecule has 184 valence electrons. The number of carbonyl (C=O) groups is 3. The second kappa shape index (κ2) is 12.9. The van der Waals surface area contributed by atoms with Gasteiger partial charge in [0.2, 0.25) is 6.79 Å². The van der Waals surface area contributed by atoms with Gasteiger partial charge in [0.15, 0.2) is 17.2 Å². The van der Waals surface area contributed by atoms with Gasteiger partial charge >= 0.3 is 11.9 Å². The van der Waals surface area contributed by atoms with Crippen LogP contribution in [-0.4, -0.2) is 74.8 Å². The summed E-state index contributed by atoms with van der Waals surface area (Å²) in [7, 11) is 1.39. The summed E-state index contributed by atoms with van der Waals surface area (Å²) in [5.74, 6) is -1.34. The zero-order valence-electron chi connectivity index (χ0n) is 19.6. The van der Waals surface area contributed by atoms with E-state index in [0.717, 1.165) is 0 Å². The van der Waals surface area contributed by atoms with Crippen molar-refractivity contribution in [1.29, 1.82) is 0 Å². The lowest BCUT2D eigenvalue weighted by Gasteiger charge is -2.25.